The SMILES string of the molecule is N#CCCn1cc(/C=C/c2nc3ccccc3c(=O)n2-c2ccccc2[N+](=O)[O-])c2ccccc21. The second-order valence-corrected chi connectivity index (χ2v) is 7.91. The zero-order chi connectivity index (χ0) is 24.4. The third kappa shape index (κ3) is 3.96. The molecule has 0 aliphatic carbocycles. The number of para-hydroxylation sites is 4. The Hall–Kier alpha value is -5.03. The molecule has 8 nitrogen and oxygen atoms in total. The van der Waals surface area contributed by atoms with E-state index in [0.717, 1.165) is 16.5 Å². The second-order valence-electron chi connectivity index (χ2n) is 7.91. The first kappa shape index (κ1) is 21.8. The van der Waals surface area contributed by atoms with Crippen LogP contribution in [-0.2, 0) is 6.54 Å². The number of aryl methyl sites for hydroxylation is 1. The lowest BCUT2D eigenvalue weighted by molar-refractivity contribution is -0.384. The van der Waals surface area contributed by atoms with Gasteiger partial charge in [0.15, 0.2) is 0 Å². The molecular weight excluding hydrogens is 442 g/mol. The highest BCUT2D eigenvalue weighted by Gasteiger charge is 2.19. The summed E-state index contributed by atoms with van der Waals surface area (Å²) in [5.41, 5.74) is 1.95. The molecule has 0 fully saturated rings. The van der Waals surface area contributed by atoms with E-state index in [4.69, 9.17) is 5.26 Å². The number of hydrogen-bond acceptors (Lipinski definition) is 5. The standard InChI is InChI=1S/C27H19N5O3/c28-16-7-17-30-18-19(20-8-2-4-11-23(20)30)14-15-26-29-22-10-3-1-9-21(22)27(33)31(26)24-12-5-6-13-25(24)32(34)35/h1-6,8-15,18H,7,17H2/b15-14+. The Morgan fingerprint density at radius 3 is 2.49 bits per heavy atom. The van der Waals surface area contributed by atoms with Crippen LogP contribution in [0.5, 0.6) is 0 Å². The Kier molecular flexibility index (Phi) is 5.65. The minimum Gasteiger partial charge on any atom is -0.346 e. The minimum atomic E-state index is -0.507. The molecule has 0 aliphatic heterocycles. The summed E-state index contributed by atoms with van der Waals surface area (Å²) in [6, 6.07) is 23.1. The summed E-state index contributed by atoms with van der Waals surface area (Å²) in [6.07, 6.45) is 5.87. The fourth-order valence-corrected chi connectivity index (χ4v) is 4.23. The first-order valence-electron chi connectivity index (χ1n) is 11.0. The molecule has 0 spiro atoms. The lowest BCUT2D eigenvalue weighted by Crippen LogP contribution is -2.23. The molecule has 0 amide bonds. The number of fused-ring (bicyclic) bond motifs is 2. The van der Waals surface area contributed by atoms with Gasteiger partial charge in [-0.1, -0.05) is 42.5 Å². The Morgan fingerprint density at radius 1 is 0.971 bits per heavy atom. The van der Waals surface area contributed by atoms with Crippen LogP contribution in [-0.4, -0.2) is 19.0 Å². The molecule has 0 N–H and O–H groups in total. The van der Waals surface area contributed by atoms with Crippen molar-refractivity contribution in [2.24, 2.45) is 0 Å². The van der Waals surface area contributed by atoms with Gasteiger partial charge in [0.1, 0.15) is 11.5 Å². The van der Waals surface area contributed by atoms with Crippen molar-refractivity contribution in [1.82, 2.24) is 14.1 Å². The van der Waals surface area contributed by atoms with Crippen LogP contribution in [0.2, 0.25) is 0 Å². The number of hydrogen-bond donors (Lipinski definition) is 0. The number of nitro groups is 1. The summed E-state index contributed by atoms with van der Waals surface area (Å²) in [5.74, 6) is 0.275. The van der Waals surface area contributed by atoms with Crippen LogP contribution in [0.4, 0.5) is 5.69 Å². The van der Waals surface area contributed by atoms with E-state index < -0.39 is 4.92 Å². The molecule has 5 rings (SSSR count). The molecule has 0 radical (unpaired) electrons. The van der Waals surface area contributed by atoms with Gasteiger partial charge in [-0.15, -0.1) is 0 Å². The molecule has 8 heteroatoms. The van der Waals surface area contributed by atoms with Gasteiger partial charge in [-0.3, -0.25) is 19.5 Å². The number of nitrogens with zero attached hydrogens (tertiary/aromatic N) is 5. The van der Waals surface area contributed by atoms with Gasteiger partial charge in [-0.05, 0) is 36.4 Å². The third-order valence-corrected chi connectivity index (χ3v) is 5.82. The van der Waals surface area contributed by atoms with Crippen molar-refractivity contribution in [2.75, 3.05) is 0 Å². The molecule has 0 saturated heterocycles. The molecule has 35 heavy (non-hydrogen) atoms. The van der Waals surface area contributed by atoms with E-state index in [1.807, 2.05) is 41.1 Å². The van der Waals surface area contributed by atoms with Crippen LogP contribution < -0.4 is 5.56 Å². The zero-order valence-corrected chi connectivity index (χ0v) is 18.5. The summed E-state index contributed by atoms with van der Waals surface area (Å²) < 4.78 is 3.30. The summed E-state index contributed by atoms with van der Waals surface area (Å²) in [5, 5.41) is 22.1. The van der Waals surface area contributed by atoms with Gasteiger partial charge in [0, 0.05) is 35.3 Å². The van der Waals surface area contributed by atoms with E-state index in [0.29, 0.717) is 23.9 Å². The van der Waals surface area contributed by atoms with Gasteiger partial charge in [-0.2, -0.15) is 5.26 Å². The average molecular weight is 461 g/mol. The Morgan fingerprint density at radius 2 is 1.69 bits per heavy atom. The van der Waals surface area contributed by atoms with Gasteiger partial charge in [0.05, 0.1) is 28.3 Å². The van der Waals surface area contributed by atoms with Gasteiger partial charge in [0.25, 0.3) is 11.2 Å². The fourth-order valence-electron chi connectivity index (χ4n) is 4.23. The summed E-state index contributed by atoms with van der Waals surface area (Å²) >= 11 is 0. The van der Waals surface area contributed by atoms with Gasteiger partial charge >= 0.3 is 0 Å². The highest BCUT2D eigenvalue weighted by Crippen LogP contribution is 2.26. The molecule has 0 unspecified atom stereocenters. The van der Waals surface area contributed by atoms with E-state index in [1.165, 1.54) is 10.6 Å². The number of aromatic nitrogens is 3. The van der Waals surface area contributed by atoms with E-state index in [9.17, 15) is 14.9 Å². The monoisotopic (exact) mass is 461 g/mol. The highest BCUT2D eigenvalue weighted by molar-refractivity contribution is 5.92. The molecule has 2 heterocycles. The molecule has 5 aromatic rings. The van der Waals surface area contributed by atoms with Crippen molar-refractivity contribution in [3.05, 3.63) is 111 Å². The minimum absolute atomic E-state index is 0.150. The van der Waals surface area contributed by atoms with Gasteiger partial charge in [0.2, 0.25) is 0 Å². The maximum atomic E-state index is 13.5. The van der Waals surface area contributed by atoms with Crippen LogP contribution in [0.1, 0.15) is 17.8 Å². The van der Waals surface area contributed by atoms with E-state index in [1.54, 1.807) is 48.5 Å². The van der Waals surface area contributed by atoms with Crippen LogP contribution in [0.25, 0.3) is 39.6 Å². The quantitative estimate of drug-likeness (QED) is 0.251. The van der Waals surface area contributed by atoms with E-state index in [2.05, 4.69) is 11.1 Å². The van der Waals surface area contributed by atoms with Crippen LogP contribution in [0.3, 0.4) is 0 Å². The molecule has 0 aliphatic rings. The molecule has 3 aromatic carbocycles. The Bertz CT molecular complexity index is 1720. The normalized spacial score (nSPS) is 11.3. The predicted molar refractivity (Wildman–Crippen MR) is 135 cm³/mol. The first-order valence-corrected chi connectivity index (χ1v) is 11.0. The van der Waals surface area contributed by atoms with Crippen molar-refractivity contribution in [2.45, 2.75) is 13.0 Å². The van der Waals surface area contributed by atoms with Crippen molar-refractivity contribution in [3.8, 4) is 11.8 Å². The number of benzene rings is 3. The second kappa shape index (κ2) is 9.08. The van der Waals surface area contributed by atoms with Gasteiger partial charge < -0.3 is 4.57 Å². The van der Waals surface area contributed by atoms with Crippen molar-refractivity contribution in [1.29, 1.82) is 5.26 Å². The summed E-state index contributed by atoms with van der Waals surface area (Å²) in [4.78, 5) is 29.4. The van der Waals surface area contributed by atoms with Crippen LogP contribution in [0.15, 0.2) is 83.8 Å². The number of nitriles is 1. The number of rotatable bonds is 6. The van der Waals surface area contributed by atoms with Gasteiger partial charge in [-0.25, -0.2) is 4.98 Å². The molecular formula is C27H19N5O3. The van der Waals surface area contributed by atoms with Crippen LogP contribution >= 0.6 is 0 Å². The lowest BCUT2D eigenvalue weighted by atomic mass is 10.1. The zero-order valence-electron chi connectivity index (χ0n) is 18.5. The first-order chi connectivity index (χ1) is 17.1. The molecule has 0 saturated carbocycles. The summed E-state index contributed by atoms with van der Waals surface area (Å²) in [6.45, 7) is 0.556. The molecule has 170 valence electrons. The van der Waals surface area contributed by atoms with Crippen LogP contribution in [0, 0.1) is 21.4 Å². The maximum Gasteiger partial charge on any atom is 0.293 e. The molecule has 0 atom stereocenters. The van der Waals surface area contributed by atoms with Crippen molar-refractivity contribution < 1.29 is 4.92 Å². The Balaban J connectivity index is 1.73. The molecule has 2 aromatic heterocycles. The van der Waals surface area contributed by atoms with E-state index in [-0.39, 0.29) is 22.8 Å². The third-order valence-electron chi connectivity index (χ3n) is 5.82. The predicted octanol–water partition coefficient (Wildman–Crippen LogP) is 5.33. The Labute approximate surface area is 199 Å². The average Bonchev–Trinajstić information content (AvgIpc) is 3.24. The fraction of sp³-hybridized carbons (Fsp3) is 0.0741. The summed E-state index contributed by atoms with van der Waals surface area (Å²) in [7, 11) is 0. The van der Waals surface area contributed by atoms with Crippen molar-refractivity contribution in [3.63, 3.8) is 0 Å². The van der Waals surface area contributed by atoms with Crippen molar-refractivity contribution >= 4 is 39.6 Å². The molecule has 0 bridgehead atoms. The largest absolute Gasteiger partial charge is 0.346 e. The lowest BCUT2D eigenvalue weighted by Gasteiger charge is -2.11. The number of nitro benzene ring substituents is 1. The maximum absolute atomic E-state index is 13.5. The highest BCUT2D eigenvalue weighted by atomic mass is 16.6. The van der Waals surface area contributed by atoms with E-state index >= 15 is 0 Å². The topological polar surface area (TPSA) is 107 Å². The smallest absolute Gasteiger partial charge is 0.293 e.